The van der Waals surface area contributed by atoms with Crippen molar-refractivity contribution >= 4 is 17.7 Å². The second-order valence-corrected chi connectivity index (χ2v) is 21.2. The average Bonchev–Trinajstić information content (AvgIpc) is 3.68. The zero-order valence-corrected chi connectivity index (χ0v) is 34.6. The first kappa shape index (κ1) is 41.4. The molecule has 0 amide bonds. The van der Waals surface area contributed by atoms with Crippen LogP contribution in [0.3, 0.4) is 0 Å². The molecular weight excluding hydrogens is 693 g/mol. The van der Waals surface area contributed by atoms with E-state index in [0.29, 0.717) is 41.9 Å². The molecule has 2 heterocycles. The predicted molar refractivity (Wildman–Crippen MR) is 211 cm³/mol. The van der Waals surface area contributed by atoms with Crippen molar-refractivity contribution < 1.29 is 38.8 Å². The molecular formula is C47H74O8. The summed E-state index contributed by atoms with van der Waals surface area (Å²) in [4.78, 5) is 36.5. The van der Waals surface area contributed by atoms with Crippen molar-refractivity contribution in [1.29, 1.82) is 0 Å². The van der Waals surface area contributed by atoms with E-state index in [2.05, 4.69) is 34.6 Å². The lowest BCUT2D eigenvalue weighted by molar-refractivity contribution is -0.418. The van der Waals surface area contributed by atoms with Crippen molar-refractivity contribution in [3.05, 3.63) is 11.6 Å². The molecule has 0 radical (unpaired) electrons. The number of rotatable bonds is 4. The molecule has 2 N–H and O–H groups in total. The molecule has 2 saturated heterocycles. The van der Waals surface area contributed by atoms with E-state index in [9.17, 15) is 24.6 Å². The van der Waals surface area contributed by atoms with Crippen LogP contribution in [0.2, 0.25) is 0 Å². The van der Waals surface area contributed by atoms with Crippen molar-refractivity contribution in [2.24, 2.45) is 74.9 Å². The fraction of sp³-hybridized carbons (Fsp3) is 0.894. The van der Waals surface area contributed by atoms with E-state index in [1.54, 1.807) is 0 Å². The van der Waals surface area contributed by atoms with E-state index >= 15 is 0 Å². The largest absolute Gasteiger partial charge is 0.469 e. The SMILES string of the molecule is C.COC(=O)[C@@H](C)[C@H]1CCC2C3CCC4=CC(=O)CC[C@]4(C)[C@@]3(O)CC[C@@]21C.COC(=O)[C@@H](C)[C@H]1CCC2C3CC[C@@H]4C[C@]5(O)CC[C@]4(C)[C@]3(CC[C@@]21C)O5. The molecule has 8 heteroatoms. The van der Waals surface area contributed by atoms with E-state index in [-0.39, 0.29) is 70.2 Å². The number of hydrogen-bond acceptors (Lipinski definition) is 8. The normalized spacial score (nSPS) is 51.2. The molecule has 0 aromatic carbocycles. The van der Waals surface area contributed by atoms with Crippen LogP contribution in [0.1, 0.15) is 158 Å². The van der Waals surface area contributed by atoms with Crippen molar-refractivity contribution in [1.82, 2.24) is 0 Å². The van der Waals surface area contributed by atoms with Crippen molar-refractivity contribution in [2.45, 2.75) is 175 Å². The molecule has 4 unspecified atom stereocenters. The number of carbonyl (C=O) groups is 3. The van der Waals surface area contributed by atoms with Crippen LogP contribution < -0.4 is 0 Å². The molecule has 16 atom stereocenters. The third kappa shape index (κ3) is 5.54. The molecule has 9 fully saturated rings. The Morgan fingerprint density at radius 1 is 0.709 bits per heavy atom. The molecule has 1 spiro atoms. The van der Waals surface area contributed by atoms with Gasteiger partial charge < -0.3 is 24.4 Å². The van der Waals surface area contributed by atoms with Gasteiger partial charge >= 0.3 is 11.9 Å². The maximum Gasteiger partial charge on any atom is 0.308 e. The lowest BCUT2D eigenvalue weighted by Crippen LogP contribution is -2.74. The van der Waals surface area contributed by atoms with Crippen LogP contribution >= 0.6 is 0 Å². The van der Waals surface area contributed by atoms with Gasteiger partial charge in [-0.3, -0.25) is 14.4 Å². The summed E-state index contributed by atoms with van der Waals surface area (Å²) in [5, 5.41) is 23.2. The maximum absolute atomic E-state index is 12.3. The molecule has 10 aliphatic rings. The van der Waals surface area contributed by atoms with Gasteiger partial charge in [-0.25, -0.2) is 0 Å². The summed E-state index contributed by atoms with van der Waals surface area (Å²) < 4.78 is 16.9. The Morgan fingerprint density at radius 3 is 1.87 bits per heavy atom. The number of carbonyl (C=O) groups excluding carboxylic acids is 3. The number of ether oxygens (including phenoxy) is 3. The van der Waals surface area contributed by atoms with Crippen LogP contribution in [-0.2, 0) is 28.6 Å². The molecule has 8 aliphatic carbocycles. The van der Waals surface area contributed by atoms with Crippen molar-refractivity contribution in [3.63, 3.8) is 0 Å². The van der Waals surface area contributed by atoms with Gasteiger partial charge in [-0.2, -0.15) is 0 Å². The number of aliphatic hydroxyl groups is 2. The number of ketones is 1. The summed E-state index contributed by atoms with van der Waals surface area (Å²) in [5.74, 6) is 2.25. The molecule has 0 aromatic heterocycles. The standard InChI is InChI=1S/C23H36O4.C23H34O4.CH4/c1-14(19(24)26-4)16-7-8-17-18-6-5-15-13-22(25)11-10-21(15,3)23(18,27-22)12-9-20(16,17)2;1-14(20(25)27-4)17-7-8-18-19-6-5-15-13-16(24)9-10-22(15,3)23(19,26)12-11-21(17,18)2;/h14-18,25H,5-13H2,1-4H3;13-14,17-19,26H,5-12H2,1-4H3;1H4/t14-,15+,16+,17?,18?,20+,21-,22-,23+;14-,17+,18?,19?,21+,22-,23+;/m00./s1. The fourth-order valence-corrected chi connectivity index (χ4v) is 16.7. The Bertz CT molecular complexity index is 1590. The number of methoxy groups -OCH3 is 2. The third-order valence-electron chi connectivity index (χ3n) is 19.8. The first-order chi connectivity index (χ1) is 25.4. The van der Waals surface area contributed by atoms with E-state index in [1.807, 2.05) is 13.0 Å². The van der Waals surface area contributed by atoms with Crippen LogP contribution in [0.25, 0.3) is 0 Å². The highest BCUT2D eigenvalue weighted by molar-refractivity contribution is 5.91. The second kappa shape index (κ2) is 13.6. The fourth-order valence-electron chi connectivity index (χ4n) is 16.7. The van der Waals surface area contributed by atoms with Gasteiger partial charge in [0.1, 0.15) is 0 Å². The van der Waals surface area contributed by atoms with Crippen LogP contribution in [0.15, 0.2) is 11.6 Å². The molecule has 2 aliphatic heterocycles. The summed E-state index contributed by atoms with van der Waals surface area (Å²) in [6, 6.07) is 0. The minimum absolute atomic E-state index is 0. The van der Waals surface area contributed by atoms with Gasteiger partial charge in [-0.1, -0.05) is 54.5 Å². The first-order valence-electron chi connectivity index (χ1n) is 21.9. The Kier molecular flexibility index (Phi) is 10.3. The molecule has 0 aromatic rings. The van der Waals surface area contributed by atoms with E-state index in [1.165, 1.54) is 39.1 Å². The van der Waals surface area contributed by atoms with Crippen molar-refractivity contribution in [2.75, 3.05) is 14.2 Å². The van der Waals surface area contributed by atoms with Gasteiger partial charge in [0.05, 0.1) is 37.3 Å². The Balaban J connectivity index is 0.000000166. The number of esters is 2. The minimum atomic E-state index is -0.883. The summed E-state index contributed by atoms with van der Waals surface area (Å²) in [6.45, 7) is 13.5. The monoisotopic (exact) mass is 767 g/mol. The molecule has 7 saturated carbocycles. The summed E-state index contributed by atoms with van der Waals surface area (Å²) in [6.07, 6.45) is 18.6. The summed E-state index contributed by atoms with van der Waals surface area (Å²) in [7, 11) is 2.99. The molecule has 310 valence electrons. The lowest BCUT2D eigenvalue weighted by atomic mass is 9.40. The summed E-state index contributed by atoms with van der Waals surface area (Å²) in [5.41, 5.74) is 0.547. The van der Waals surface area contributed by atoms with Gasteiger partial charge in [-0.15, -0.1) is 0 Å². The van der Waals surface area contributed by atoms with E-state index in [0.717, 1.165) is 83.5 Å². The zero-order valence-electron chi connectivity index (χ0n) is 34.6. The lowest BCUT2D eigenvalue weighted by Gasteiger charge is -2.73. The van der Waals surface area contributed by atoms with Gasteiger partial charge in [0, 0.05) is 30.1 Å². The van der Waals surface area contributed by atoms with Gasteiger partial charge in [0.25, 0.3) is 0 Å². The Labute approximate surface area is 331 Å². The van der Waals surface area contributed by atoms with Crippen molar-refractivity contribution in [3.8, 4) is 0 Å². The van der Waals surface area contributed by atoms with Gasteiger partial charge in [0.2, 0.25) is 0 Å². The smallest absolute Gasteiger partial charge is 0.308 e. The first-order valence-corrected chi connectivity index (χ1v) is 21.9. The highest BCUT2D eigenvalue weighted by Crippen LogP contribution is 2.75. The topological polar surface area (TPSA) is 119 Å². The maximum atomic E-state index is 12.3. The molecule has 8 nitrogen and oxygen atoms in total. The Morgan fingerprint density at radius 2 is 1.27 bits per heavy atom. The Hall–Kier alpha value is -1.77. The van der Waals surface area contributed by atoms with E-state index in [4.69, 9.17) is 14.2 Å². The highest BCUT2D eigenvalue weighted by atomic mass is 16.6. The average molecular weight is 767 g/mol. The minimum Gasteiger partial charge on any atom is -0.469 e. The zero-order chi connectivity index (χ0) is 38.9. The molecule has 10 rings (SSSR count). The van der Waals surface area contributed by atoms with Crippen LogP contribution in [0.5, 0.6) is 0 Å². The number of fused-ring (bicyclic) bond motifs is 8. The van der Waals surface area contributed by atoms with Crippen LogP contribution in [0.4, 0.5) is 0 Å². The molecule has 55 heavy (non-hydrogen) atoms. The summed E-state index contributed by atoms with van der Waals surface area (Å²) >= 11 is 0. The second-order valence-electron chi connectivity index (χ2n) is 21.2. The highest BCUT2D eigenvalue weighted by Gasteiger charge is 2.74. The number of hydrogen-bond donors (Lipinski definition) is 2. The third-order valence-corrected chi connectivity index (χ3v) is 19.8. The predicted octanol–water partition coefficient (Wildman–Crippen LogP) is 8.99. The van der Waals surface area contributed by atoms with Crippen LogP contribution in [-0.4, -0.2) is 59.1 Å². The van der Waals surface area contributed by atoms with E-state index < -0.39 is 11.4 Å². The van der Waals surface area contributed by atoms with Gasteiger partial charge in [-0.05, 0) is 148 Å². The van der Waals surface area contributed by atoms with Gasteiger partial charge in [0.15, 0.2) is 11.6 Å². The quantitative estimate of drug-likeness (QED) is 0.272. The van der Waals surface area contributed by atoms with Crippen LogP contribution in [0, 0.1) is 74.9 Å². The molecule has 4 bridgehead atoms.